The molecule has 1 amide bonds. The second-order valence-electron chi connectivity index (χ2n) is 6.35. The number of hydrazone groups is 1. The molecular weight excluding hydrogens is 438 g/mol. The molecule has 0 unspecified atom stereocenters. The Morgan fingerprint density at radius 1 is 1.06 bits per heavy atom. The van der Waals surface area contributed by atoms with E-state index < -0.39 is 22.5 Å². The number of halogens is 1. The Morgan fingerprint density at radius 2 is 1.77 bits per heavy atom. The van der Waals surface area contributed by atoms with Gasteiger partial charge in [0, 0.05) is 0 Å². The number of nitrogens with zero attached hydrogens (tertiary/aromatic N) is 2. The van der Waals surface area contributed by atoms with Crippen LogP contribution in [-0.4, -0.2) is 34.2 Å². The maximum absolute atomic E-state index is 13.2. The summed E-state index contributed by atoms with van der Waals surface area (Å²) in [5.74, 6) is 0.0210. The van der Waals surface area contributed by atoms with Crippen molar-refractivity contribution in [3.8, 4) is 5.75 Å². The van der Waals surface area contributed by atoms with Crippen molar-refractivity contribution in [1.29, 1.82) is 0 Å². The molecule has 0 aliphatic carbocycles. The molecule has 0 atom stereocenters. The summed E-state index contributed by atoms with van der Waals surface area (Å²) < 4.78 is 32.5. The second-order valence-corrected chi connectivity index (χ2v) is 8.62. The first-order valence-corrected chi connectivity index (χ1v) is 11.0. The van der Waals surface area contributed by atoms with Gasteiger partial charge < -0.3 is 4.74 Å². The summed E-state index contributed by atoms with van der Waals surface area (Å²) in [7, 11) is -2.49. The van der Waals surface area contributed by atoms with Crippen molar-refractivity contribution in [2.75, 3.05) is 18.0 Å². The minimum atomic E-state index is -4.04. The van der Waals surface area contributed by atoms with Gasteiger partial charge in [0.15, 0.2) is 0 Å². The minimum absolute atomic E-state index is 0.0441. The highest BCUT2D eigenvalue weighted by molar-refractivity contribution is 7.92. The van der Waals surface area contributed by atoms with Gasteiger partial charge in [0.05, 0.1) is 28.9 Å². The number of amides is 1. The number of methoxy groups -OCH3 is 1. The molecule has 0 aliphatic heterocycles. The molecule has 0 bridgehead atoms. The molecule has 1 N–H and O–H groups in total. The van der Waals surface area contributed by atoms with E-state index in [0.717, 1.165) is 4.31 Å². The topological polar surface area (TPSA) is 88.1 Å². The molecule has 3 aromatic rings. The summed E-state index contributed by atoms with van der Waals surface area (Å²) in [5.41, 5.74) is 3.25. The van der Waals surface area contributed by atoms with Crippen molar-refractivity contribution >= 4 is 39.4 Å². The van der Waals surface area contributed by atoms with E-state index in [2.05, 4.69) is 10.5 Å². The van der Waals surface area contributed by atoms with Crippen LogP contribution in [0, 0.1) is 0 Å². The van der Waals surface area contributed by atoms with Gasteiger partial charge in [0.1, 0.15) is 12.3 Å². The standard InChI is InChI=1S/C22H20ClN3O4S/c1-30-18-9-7-8-17(14-18)15-24-25-22(27)16-26(21-13-6-5-12-20(21)23)31(28,29)19-10-3-2-4-11-19/h2-15H,16H2,1H3,(H,25,27)/b24-15-. The number of benzene rings is 3. The van der Waals surface area contributed by atoms with Crippen LogP contribution >= 0.6 is 11.6 Å². The van der Waals surface area contributed by atoms with E-state index in [4.69, 9.17) is 16.3 Å². The van der Waals surface area contributed by atoms with Gasteiger partial charge in [-0.15, -0.1) is 0 Å². The summed E-state index contributed by atoms with van der Waals surface area (Å²) in [6.07, 6.45) is 1.44. The molecule has 0 fully saturated rings. The van der Waals surface area contributed by atoms with Crippen molar-refractivity contribution < 1.29 is 17.9 Å². The predicted octanol–water partition coefficient (Wildman–Crippen LogP) is 3.69. The normalized spacial score (nSPS) is 11.3. The van der Waals surface area contributed by atoms with E-state index in [1.54, 1.807) is 67.8 Å². The lowest BCUT2D eigenvalue weighted by Gasteiger charge is -2.24. The van der Waals surface area contributed by atoms with Gasteiger partial charge in [0.25, 0.3) is 15.9 Å². The van der Waals surface area contributed by atoms with Crippen LogP contribution in [0.2, 0.25) is 5.02 Å². The Balaban J connectivity index is 1.82. The van der Waals surface area contributed by atoms with Crippen LogP contribution in [0.25, 0.3) is 0 Å². The molecule has 160 valence electrons. The largest absolute Gasteiger partial charge is 0.497 e. The molecule has 0 saturated heterocycles. The number of anilines is 1. The highest BCUT2D eigenvalue weighted by atomic mass is 35.5. The average Bonchev–Trinajstić information content (AvgIpc) is 2.79. The number of hydrogen-bond acceptors (Lipinski definition) is 5. The Bertz CT molecular complexity index is 1180. The van der Waals surface area contributed by atoms with Gasteiger partial charge in [-0.2, -0.15) is 5.10 Å². The first-order valence-electron chi connectivity index (χ1n) is 9.20. The number of ether oxygens (including phenoxy) is 1. The number of hydrogen-bond donors (Lipinski definition) is 1. The third-order valence-electron chi connectivity index (χ3n) is 4.24. The van der Waals surface area contributed by atoms with E-state index in [9.17, 15) is 13.2 Å². The third-order valence-corrected chi connectivity index (χ3v) is 6.33. The molecule has 0 heterocycles. The molecule has 7 nitrogen and oxygen atoms in total. The molecule has 0 aromatic heterocycles. The maximum atomic E-state index is 13.2. The number of para-hydroxylation sites is 1. The van der Waals surface area contributed by atoms with Crippen LogP contribution in [0.5, 0.6) is 5.75 Å². The zero-order chi connectivity index (χ0) is 22.3. The van der Waals surface area contributed by atoms with Crippen molar-refractivity contribution in [3.05, 3.63) is 89.4 Å². The van der Waals surface area contributed by atoms with Gasteiger partial charge >= 0.3 is 0 Å². The van der Waals surface area contributed by atoms with Gasteiger partial charge in [0.2, 0.25) is 0 Å². The Hall–Kier alpha value is -3.36. The number of carbonyl (C=O) groups is 1. The molecule has 3 aromatic carbocycles. The number of carbonyl (C=O) groups excluding carboxylic acids is 1. The third kappa shape index (κ3) is 5.62. The average molecular weight is 458 g/mol. The van der Waals surface area contributed by atoms with E-state index in [-0.39, 0.29) is 15.6 Å². The summed E-state index contributed by atoms with van der Waals surface area (Å²) in [5, 5.41) is 4.11. The van der Waals surface area contributed by atoms with Crippen molar-refractivity contribution in [3.63, 3.8) is 0 Å². The van der Waals surface area contributed by atoms with Crippen LogP contribution in [0.3, 0.4) is 0 Å². The molecular formula is C22H20ClN3O4S. The first kappa shape index (κ1) is 22.3. The lowest BCUT2D eigenvalue weighted by Crippen LogP contribution is -2.39. The van der Waals surface area contributed by atoms with Gasteiger partial charge in [-0.25, -0.2) is 13.8 Å². The zero-order valence-corrected chi connectivity index (χ0v) is 18.2. The second kappa shape index (κ2) is 10.1. The van der Waals surface area contributed by atoms with Crippen molar-refractivity contribution in [2.24, 2.45) is 5.10 Å². The fourth-order valence-corrected chi connectivity index (χ4v) is 4.49. The quantitative estimate of drug-likeness (QED) is 0.412. The first-order chi connectivity index (χ1) is 14.9. The van der Waals surface area contributed by atoms with Crippen LogP contribution < -0.4 is 14.5 Å². The SMILES string of the molecule is COc1cccc(/C=N\NC(=O)CN(c2ccccc2Cl)S(=O)(=O)c2ccccc2)c1. The highest BCUT2D eigenvalue weighted by Crippen LogP contribution is 2.30. The number of rotatable bonds is 8. The van der Waals surface area contributed by atoms with E-state index >= 15 is 0 Å². The van der Waals surface area contributed by atoms with Gasteiger partial charge in [-0.3, -0.25) is 9.10 Å². The summed E-state index contributed by atoms with van der Waals surface area (Å²) in [4.78, 5) is 12.6. The molecule has 31 heavy (non-hydrogen) atoms. The summed E-state index contributed by atoms with van der Waals surface area (Å²) in [6, 6.07) is 21.4. The molecule has 0 radical (unpaired) electrons. The molecule has 0 spiro atoms. The molecule has 3 rings (SSSR count). The smallest absolute Gasteiger partial charge is 0.264 e. The Kier molecular flexibility index (Phi) is 7.28. The van der Waals surface area contributed by atoms with Crippen molar-refractivity contribution in [1.82, 2.24) is 5.43 Å². The van der Waals surface area contributed by atoms with Crippen LogP contribution in [0.1, 0.15) is 5.56 Å². The lowest BCUT2D eigenvalue weighted by molar-refractivity contribution is -0.119. The van der Waals surface area contributed by atoms with Crippen LogP contribution in [-0.2, 0) is 14.8 Å². The lowest BCUT2D eigenvalue weighted by atomic mass is 10.2. The fraction of sp³-hybridized carbons (Fsp3) is 0.0909. The zero-order valence-electron chi connectivity index (χ0n) is 16.6. The predicted molar refractivity (Wildman–Crippen MR) is 121 cm³/mol. The monoisotopic (exact) mass is 457 g/mol. The maximum Gasteiger partial charge on any atom is 0.264 e. The highest BCUT2D eigenvalue weighted by Gasteiger charge is 2.28. The Morgan fingerprint density at radius 3 is 2.48 bits per heavy atom. The van der Waals surface area contributed by atoms with Crippen LogP contribution in [0.4, 0.5) is 5.69 Å². The molecule has 0 aliphatic rings. The van der Waals surface area contributed by atoms with Gasteiger partial charge in [-0.1, -0.05) is 54.1 Å². The number of nitrogens with one attached hydrogen (secondary N) is 1. The van der Waals surface area contributed by atoms with Gasteiger partial charge in [-0.05, 0) is 42.0 Å². The van der Waals surface area contributed by atoms with Crippen molar-refractivity contribution in [2.45, 2.75) is 4.90 Å². The summed E-state index contributed by atoms with van der Waals surface area (Å²) >= 11 is 6.23. The minimum Gasteiger partial charge on any atom is -0.497 e. The van der Waals surface area contributed by atoms with Crippen LogP contribution in [0.15, 0.2) is 88.9 Å². The number of sulfonamides is 1. The van der Waals surface area contributed by atoms with E-state index in [1.807, 2.05) is 0 Å². The summed E-state index contributed by atoms with van der Waals surface area (Å²) in [6.45, 7) is -0.504. The molecule has 9 heteroatoms. The fourth-order valence-electron chi connectivity index (χ4n) is 2.74. The van der Waals surface area contributed by atoms with E-state index in [0.29, 0.717) is 11.3 Å². The molecule has 0 saturated carbocycles. The Labute approximate surface area is 186 Å². The van der Waals surface area contributed by atoms with E-state index in [1.165, 1.54) is 24.4 Å².